The molecule has 2 aromatic heterocycles. The third-order valence-electron chi connectivity index (χ3n) is 5.71. The first kappa shape index (κ1) is 24.4. The van der Waals surface area contributed by atoms with E-state index in [1.165, 1.54) is 36.5 Å². The van der Waals surface area contributed by atoms with Gasteiger partial charge in [-0.05, 0) is 55.0 Å². The second-order valence-electron chi connectivity index (χ2n) is 8.13. The fourth-order valence-electron chi connectivity index (χ4n) is 3.91. The van der Waals surface area contributed by atoms with Crippen molar-refractivity contribution in [3.8, 4) is 6.07 Å². The zero-order valence-electron chi connectivity index (χ0n) is 19.1. The summed E-state index contributed by atoms with van der Waals surface area (Å²) in [6, 6.07) is 15.1. The van der Waals surface area contributed by atoms with Crippen molar-refractivity contribution in [2.24, 2.45) is 0 Å². The van der Waals surface area contributed by atoms with Crippen molar-refractivity contribution in [3.63, 3.8) is 0 Å². The van der Waals surface area contributed by atoms with Gasteiger partial charge in [0, 0.05) is 23.0 Å². The summed E-state index contributed by atoms with van der Waals surface area (Å²) >= 11 is 12.5. The van der Waals surface area contributed by atoms with E-state index < -0.39 is 11.9 Å². The Labute approximate surface area is 219 Å². The van der Waals surface area contributed by atoms with Crippen LogP contribution in [0, 0.1) is 29.9 Å². The molecule has 0 aliphatic heterocycles. The van der Waals surface area contributed by atoms with Gasteiger partial charge in [0.2, 0.25) is 0 Å². The molecule has 0 bridgehead atoms. The number of aromatic nitrogens is 3. The lowest BCUT2D eigenvalue weighted by Gasteiger charge is -2.20. The molecule has 0 amide bonds. The van der Waals surface area contributed by atoms with E-state index in [1.807, 2.05) is 0 Å². The number of nitrogens with one attached hydrogen (secondary N) is 2. The Balaban J connectivity index is 1.62. The van der Waals surface area contributed by atoms with Crippen molar-refractivity contribution < 1.29 is 13.4 Å². The van der Waals surface area contributed by atoms with Crippen LogP contribution in [0.25, 0.3) is 10.9 Å². The van der Waals surface area contributed by atoms with E-state index in [0.717, 1.165) is 0 Å². The summed E-state index contributed by atoms with van der Waals surface area (Å²) in [5.74, 6) is -0.940. The Morgan fingerprint density at radius 2 is 1.73 bits per heavy atom. The number of nitriles is 1. The van der Waals surface area contributed by atoms with E-state index in [4.69, 9.17) is 27.8 Å². The zero-order chi connectivity index (χ0) is 26.1. The minimum atomic E-state index is -0.564. The van der Waals surface area contributed by atoms with Gasteiger partial charge in [0.05, 0.1) is 32.9 Å². The van der Waals surface area contributed by atoms with Crippen molar-refractivity contribution >= 4 is 51.2 Å². The number of pyridine rings is 1. The molecule has 184 valence electrons. The van der Waals surface area contributed by atoms with Crippen LogP contribution >= 0.6 is 23.2 Å². The third kappa shape index (κ3) is 4.89. The van der Waals surface area contributed by atoms with E-state index in [1.54, 1.807) is 31.2 Å². The molecule has 37 heavy (non-hydrogen) atoms. The second-order valence-corrected chi connectivity index (χ2v) is 8.94. The van der Waals surface area contributed by atoms with E-state index in [0.29, 0.717) is 49.9 Å². The minimum absolute atomic E-state index is 0.0685. The molecule has 1 atom stereocenters. The summed E-state index contributed by atoms with van der Waals surface area (Å²) in [6.45, 7) is 1.75. The van der Waals surface area contributed by atoms with Crippen molar-refractivity contribution in [3.05, 3.63) is 105 Å². The maximum Gasteiger partial charge on any atom is 0.141 e. The van der Waals surface area contributed by atoms with Crippen LogP contribution in [0.1, 0.15) is 28.6 Å². The van der Waals surface area contributed by atoms with Crippen LogP contribution < -0.4 is 10.6 Å². The van der Waals surface area contributed by atoms with Crippen molar-refractivity contribution in [2.75, 3.05) is 10.6 Å². The molecule has 3 aromatic carbocycles. The Hall–Kier alpha value is -4.26. The number of nitrogens with zero attached hydrogens (tertiary/aromatic N) is 4. The zero-order valence-corrected chi connectivity index (χ0v) is 20.6. The number of benzene rings is 3. The third-order valence-corrected chi connectivity index (χ3v) is 6.29. The average Bonchev–Trinajstić information content (AvgIpc) is 3.31. The van der Waals surface area contributed by atoms with Gasteiger partial charge in [-0.15, -0.1) is 0 Å². The quantitative estimate of drug-likeness (QED) is 0.234. The first-order valence-electron chi connectivity index (χ1n) is 10.9. The van der Waals surface area contributed by atoms with Crippen molar-refractivity contribution in [1.82, 2.24) is 15.3 Å². The van der Waals surface area contributed by atoms with Crippen LogP contribution in [0.2, 0.25) is 10.0 Å². The molecule has 0 spiro atoms. The average molecular weight is 537 g/mol. The topological polar surface area (TPSA) is 99.7 Å². The lowest BCUT2D eigenvalue weighted by molar-refractivity contribution is 0.300. The number of hydrogen-bond donors (Lipinski definition) is 2. The molecular weight excluding hydrogens is 521 g/mol. The summed E-state index contributed by atoms with van der Waals surface area (Å²) in [4.78, 5) is 4.35. The first-order chi connectivity index (χ1) is 17.8. The SMILES string of the molecule is Cc1nonc1C(Nc1cc(Cl)c2ncc(C#N)c(Nc3ccc(F)c(Cl)c3)c2c1)c1ccc(F)cc1. The summed E-state index contributed by atoms with van der Waals surface area (Å²) in [5.41, 5.74) is 3.90. The smallest absolute Gasteiger partial charge is 0.141 e. The molecule has 7 nitrogen and oxygen atoms in total. The largest absolute Gasteiger partial charge is 0.373 e. The van der Waals surface area contributed by atoms with Gasteiger partial charge >= 0.3 is 0 Å². The minimum Gasteiger partial charge on any atom is -0.373 e. The molecule has 2 heterocycles. The molecule has 5 aromatic rings. The van der Waals surface area contributed by atoms with Gasteiger partial charge in [-0.1, -0.05) is 45.6 Å². The highest BCUT2D eigenvalue weighted by molar-refractivity contribution is 6.36. The van der Waals surface area contributed by atoms with Gasteiger partial charge in [-0.25, -0.2) is 13.4 Å². The molecule has 11 heteroatoms. The number of fused-ring (bicyclic) bond motifs is 1. The maximum atomic E-state index is 13.7. The highest BCUT2D eigenvalue weighted by atomic mass is 35.5. The van der Waals surface area contributed by atoms with Gasteiger partial charge < -0.3 is 10.6 Å². The first-order valence-corrected chi connectivity index (χ1v) is 11.6. The molecule has 0 radical (unpaired) electrons. The molecule has 0 aliphatic carbocycles. The van der Waals surface area contributed by atoms with E-state index in [9.17, 15) is 14.0 Å². The molecule has 0 saturated heterocycles. The fourth-order valence-corrected chi connectivity index (χ4v) is 4.36. The summed E-state index contributed by atoms with van der Waals surface area (Å²) < 4.78 is 32.2. The van der Waals surface area contributed by atoms with Gasteiger partial charge in [0.1, 0.15) is 29.1 Å². The van der Waals surface area contributed by atoms with Crippen molar-refractivity contribution in [2.45, 2.75) is 13.0 Å². The molecular formula is C26H16Cl2F2N6O. The summed E-state index contributed by atoms with van der Waals surface area (Å²) in [7, 11) is 0. The van der Waals surface area contributed by atoms with Crippen LogP contribution in [-0.2, 0) is 0 Å². The molecule has 0 aliphatic rings. The van der Waals surface area contributed by atoms with Gasteiger partial charge in [0.25, 0.3) is 0 Å². The predicted octanol–water partition coefficient (Wildman–Crippen LogP) is 7.33. The highest BCUT2D eigenvalue weighted by Gasteiger charge is 2.22. The Morgan fingerprint density at radius 1 is 0.973 bits per heavy atom. The number of anilines is 3. The predicted molar refractivity (Wildman–Crippen MR) is 137 cm³/mol. The second kappa shape index (κ2) is 10.0. The molecule has 1 unspecified atom stereocenters. The summed E-state index contributed by atoms with van der Waals surface area (Å²) in [5, 5.41) is 24.9. The van der Waals surface area contributed by atoms with Gasteiger partial charge in [-0.3, -0.25) is 4.98 Å². The van der Waals surface area contributed by atoms with Gasteiger partial charge in [0.15, 0.2) is 0 Å². The van der Waals surface area contributed by atoms with Crippen LogP contribution in [-0.4, -0.2) is 15.3 Å². The molecule has 2 N–H and O–H groups in total. The highest BCUT2D eigenvalue weighted by Crippen LogP contribution is 2.37. The van der Waals surface area contributed by atoms with Crippen molar-refractivity contribution in [1.29, 1.82) is 5.26 Å². The number of aryl methyl sites for hydroxylation is 1. The molecule has 5 rings (SSSR count). The summed E-state index contributed by atoms with van der Waals surface area (Å²) in [6.07, 6.45) is 1.40. The maximum absolute atomic E-state index is 13.7. The number of halogens is 4. The van der Waals surface area contributed by atoms with Crippen LogP contribution in [0.5, 0.6) is 0 Å². The number of hydrogen-bond acceptors (Lipinski definition) is 7. The fraction of sp³-hybridized carbons (Fsp3) is 0.0769. The van der Waals surface area contributed by atoms with Crippen LogP contribution in [0.3, 0.4) is 0 Å². The Bertz CT molecular complexity index is 1670. The van der Waals surface area contributed by atoms with Gasteiger partial charge in [-0.2, -0.15) is 5.26 Å². The molecule has 0 fully saturated rings. The number of rotatable bonds is 6. The standard InChI is InChI=1S/C26H16Cl2F2N6O/c1-13-23(36-37-35-13)25(14-2-4-16(29)5-3-14)34-18-8-19-24(33-17-6-7-22(30)20(27)9-17)15(11-31)12-32-26(19)21(28)10-18/h2-10,12,25,34H,1H3,(H,32,33). The monoisotopic (exact) mass is 536 g/mol. The normalized spacial score (nSPS) is 11.8. The van der Waals surface area contributed by atoms with E-state index in [-0.39, 0.29) is 16.4 Å². The Kier molecular flexibility index (Phi) is 6.61. The molecule has 0 saturated carbocycles. The van der Waals surface area contributed by atoms with Crippen LogP contribution in [0.4, 0.5) is 25.8 Å². The van der Waals surface area contributed by atoms with Crippen LogP contribution in [0.15, 0.2) is 65.4 Å². The van der Waals surface area contributed by atoms with E-state index >= 15 is 0 Å². The lowest BCUT2D eigenvalue weighted by Crippen LogP contribution is -2.14. The lowest BCUT2D eigenvalue weighted by atomic mass is 10.0. The Morgan fingerprint density at radius 3 is 2.41 bits per heavy atom. The van der Waals surface area contributed by atoms with E-state index in [2.05, 4.69) is 32.0 Å².